The molecule has 1 aromatic heterocycles. The van der Waals surface area contributed by atoms with Gasteiger partial charge in [-0.2, -0.15) is 0 Å². The first-order valence-electron chi connectivity index (χ1n) is 6.60. The Morgan fingerprint density at radius 2 is 1.85 bits per heavy atom. The fraction of sp³-hybridized carbons (Fsp3) is 0.188. The molecular weight excluding hydrogens is 250 g/mol. The summed E-state index contributed by atoms with van der Waals surface area (Å²) in [5, 5.41) is 0. The highest BCUT2D eigenvalue weighted by molar-refractivity contribution is 5.83. The van der Waals surface area contributed by atoms with Crippen LogP contribution in [0.15, 0.2) is 48.5 Å². The van der Waals surface area contributed by atoms with E-state index in [2.05, 4.69) is 10.6 Å². The van der Waals surface area contributed by atoms with Crippen molar-refractivity contribution < 1.29 is 4.74 Å². The number of imidazole rings is 1. The highest BCUT2D eigenvalue weighted by atomic mass is 16.5. The Hall–Kier alpha value is -2.33. The molecule has 4 heteroatoms. The van der Waals surface area contributed by atoms with Gasteiger partial charge in [-0.15, -0.1) is 0 Å². The van der Waals surface area contributed by atoms with Crippen LogP contribution in [0.25, 0.3) is 22.4 Å². The summed E-state index contributed by atoms with van der Waals surface area (Å²) in [6.07, 6.45) is 0. The number of nitrogens with two attached hydrogens (primary N) is 1. The van der Waals surface area contributed by atoms with Crippen molar-refractivity contribution in [2.45, 2.75) is 6.54 Å². The fourth-order valence-electron chi connectivity index (χ4n) is 2.39. The third-order valence-corrected chi connectivity index (χ3v) is 3.38. The largest absolute Gasteiger partial charge is 0.398 e. The van der Waals surface area contributed by atoms with E-state index in [4.69, 9.17) is 15.5 Å². The van der Waals surface area contributed by atoms with E-state index >= 15 is 0 Å². The van der Waals surface area contributed by atoms with Crippen molar-refractivity contribution in [2.75, 3.05) is 19.5 Å². The standard InChI is InChI=1S/C16H17N3O/c1-20-11-10-19-15-9-5-4-8-14(15)18-16(19)12-6-2-3-7-13(12)17/h2-9H,10-11,17H2,1H3. The van der Waals surface area contributed by atoms with Gasteiger partial charge in [0.2, 0.25) is 0 Å². The van der Waals surface area contributed by atoms with Gasteiger partial charge in [0.25, 0.3) is 0 Å². The number of aromatic nitrogens is 2. The predicted molar refractivity (Wildman–Crippen MR) is 81.5 cm³/mol. The third kappa shape index (κ3) is 2.14. The molecule has 2 N–H and O–H groups in total. The van der Waals surface area contributed by atoms with Gasteiger partial charge < -0.3 is 15.0 Å². The summed E-state index contributed by atoms with van der Waals surface area (Å²) in [7, 11) is 1.70. The third-order valence-electron chi connectivity index (χ3n) is 3.38. The number of nitrogen functional groups attached to an aromatic ring is 1. The van der Waals surface area contributed by atoms with Gasteiger partial charge in [-0.05, 0) is 24.3 Å². The summed E-state index contributed by atoms with van der Waals surface area (Å²) in [4.78, 5) is 4.72. The van der Waals surface area contributed by atoms with Gasteiger partial charge in [0.05, 0.1) is 17.6 Å². The van der Waals surface area contributed by atoms with E-state index in [1.165, 1.54) is 0 Å². The lowest BCUT2D eigenvalue weighted by atomic mass is 10.1. The molecule has 1 heterocycles. The van der Waals surface area contributed by atoms with E-state index in [9.17, 15) is 0 Å². The number of para-hydroxylation sites is 3. The minimum Gasteiger partial charge on any atom is -0.398 e. The van der Waals surface area contributed by atoms with E-state index < -0.39 is 0 Å². The van der Waals surface area contributed by atoms with Crippen LogP contribution < -0.4 is 5.73 Å². The molecule has 0 saturated heterocycles. The molecule has 0 saturated carbocycles. The van der Waals surface area contributed by atoms with Crippen LogP contribution in [0.3, 0.4) is 0 Å². The number of ether oxygens (including phenoxy) is 1. The maximum absolute atomic E-state index is 6.09. The fourth-order valence-corrected chi connectivity index (χ4v) is 2.39. The maximum atomic E-state index is 6.09. The van der Waals surface area contributed by atoms with E-state index in [0.717, 1.165) is 34.7 Å². The zero-order valence-electron chi connectivity index (χ0n) is 11.4. The summed E-state index contributed by atoms with van der Waals surface area (Å²) < 4.78 is 7.36. The van der Waals surface area contributed by atoms with Crippen LogP contribution in [0.5, 0.6) is 0 Å². The van der Waals surface area contributed by atoms with E-state index in [-0.39, 0.29) is 0 Å². The van der Waals surface area contributed by atoms with Gasteiger partial charge in [0.1, 0.15) is 5.82 Å². The normalized spacial score (nSPS) is 11.1. The van der Waals surface area contributed by atoms with Crippen LogP contribution in [0.4, 0.5) is 5.69 Å². The number of benzene rings is 2. The molecule has 20 heavy (non-hydrogen) atoms. The van der Waals surface area contributed by atoms with Gasteiger partial charge in [0, 0.05) is 24.9 Å². The van der Waals surface area contributed by atoms with Crippen molar-refractivity contribution in [1.29, 1.82) is 0 Å². The number of anilines is 1. The molecule has 0 spiro atoms. The van der Waals surface area contributed by atoms with E-state index in [0.29, 0.717) is 6.61 Å². The molecule has 0 unspecified atom stereocenters. The second-order valence-corrected chi connectivity index (χ2v) is 4.66. The van der Waals surface area contributed by atoms with Crippen molar-refractivity contribution in [3.8, 4) is 11.4 Å². The van der Waals surface area contributed by atoms with E-state index in [1.807, 2.05) is 42.5 Å². The first-order valence-corrected chi connectivity index (χ1v) is 6.60. The monoisotopic (exact) mass is 267 g/mol. The lowest BCUT2D eigenvalue weighted by Crippen LogP contribution is -2.06. The summed E-state index contributed by atoms with van der Waals surface area (Å²) in [5.74, 6) is 0.890. The van der Waals surface area contributed by atoms with Crippen LogP contribution in [-0.4, -0.2) is 23.3 Å². The SMILES string of the molecule is COCCn1c(-c2ccccc2N)nc2ccccc21. The zero-order valence-corrected chi connectivity index (χ0v) is 11.4. The number of hydrogen-bond acceptors (Lipinski definition) is 3. The molecule has 0 aliphatic rings. The molecule has 0 atom stereocenters. The average Bonchev–Trinajstić information content (AvgIpc) is 2.84. The van der Waals surface area contributed by atoms with Crippen molar-refractivity contribution in [2.24, 2.45) is 0 Å². The van der Waals surface area contributed by atoms with Gasteiger partial charge in [0.15, 0.2) is 0 Å². The highest BCUT2D eigenvalue weighted by Crippen LogP contribution is 2.28. The molecule has 102 valence electrons. The predicted octanol–water partition coefficient (Wildman–Crippen LogP) is 2.93. The molecule has 3 rings (SSSR count). The summed E-state index contributed by atoms with van der Waals surface area (Å²) in [5.41, 5.74) is 9.86. The number of rotatable bonds is 4. The molecule has 0 aliphatic carbocycles. The first-order chi connectivity index (χ1) is 9.81. The molecule has 0 amide bonds. The minimum atomic E-state index is 0.639. The zero-order chi connectivity index (χ0) is 13.9. The Morgan fingerprint density at radius 1 is 1.10 bits per heavy atom. The molecular formula is C16H17N3O. The van der Waals surface area contributed by atoms with Crippen LogP contribution >= 0.6 is 0 Å². The Bertz CT molecular complexity index is 733. The Balaban J connectivity index is 2.21. The Morgan fingerprint density at radius 3 is 2.65 bits per heavy atom. The second-order valence-electron chi connectivity index (χ2n) is 4.66. The molecule has 0 fully saturated rings. The first kappa shape index (κ1) is 12.7. The van der Waals surface area contributed by atoms with Crippen LogP contribution in [-0.2, 0) is 11.3 Å². The Kier molecular flexibility index (Phi) is 3.39. The molecule has 0 bridgehead atoms. The summed E-state index contributed by atoms with van der Waals surface area (Å²) >= 11 is 0. The maximum Gasteiger partial charge on any atom is 0.143 e. The van der Waals surface area contributed by atoms with Crippen LogP contribution in [0.1, 0.15) is 0 Å². The summed E-state index contributed by atoms with van der Waals surface area (Å²) in [6.45, 7) is 1.39. The molecule has 2 aromatic carbocycles. The Labute approximate surface area is 117 Å². The van der Waals surface area contributed by atoms with Crippen molar-refractivity contribution >= 4 is 16.7 Å². The van der Waals surface area contributed by atoms with Gasteiger partial charge in [-0.3, -0.25) is 0 Å². The smallest absolute Gasteiger partial charge is 0.143 e. The number of methoxy groups -OCH3 is 1. The topological polar surface area (TPSA) is 53.1 Å². The number of nitrogens with zero attached hydrogens (tertiary/aromatic N) is 2. The summed E-state index contributed by atoms with van der Waals surface area (Å²) in [6, 6.07) is 15.9. The van der Waals surface area contributed by atoms with Gasteiger partial charge >= 0.3 is 0 Å². The van der Waals surface area contributed by atoms with E-state index in [1.54, 1.807) is 7.11 Å². The average molecular weight is 267 g/mol. The lowest BCUT2D eigenvalue weighted by Gasteiger charge is -2.10. The second kappa shape index (κ2) is 5.35. The lowest BCUT2D eigenvalue weighted by molar-refractivity contribution is 0.188. The molecule has 3 aromatic rings. The van der Waals surface area contributed by atoms with Crippen LogP contribution in [0.2, 0.25) is 0 Å². The molecule has 0 aliphatic heterocycles. The van der Waals surface area contributed by atoms with Crippen LogP contribution in [0, 0.1) is 0 Å². The van der Waals surface area contributed by atoms with Crippen molar-refractivity contribution in [3.63, 3.8) is 0 Å². The molecule has 4 nitrogen and oxygen atoms in total. The van der Waals surface area contributed by atoms with Crippen molar-refractivity contribution in [1.82, 2.24) is 9.55 Å². The van der Waals surface area contributed by atoms with Gasteiger partial charge in [-0.25, -0.2) is 4.98 Å². The quantitative estimate of drug-likeness (QED) is 0.739. The minimum absolute atomic E-state index is 0.639. The van der Waals surface area contributed by atoms with Crippen molar-refractivity contribution in [3.05, 3.63) is 48.5 Å². The number of hydrogen-bond donors (Lipinski definition) is 1. The van der Waals surface area contributed by atoms with Gasteiger partial charge in [-0.1, -0.05) is 24.3 Å². The highest BCUT2D eigenvalue weighted by Gasteiger charge is 2.13. The molecule has 0 radical (unpaired) electrons. The number of fused-ring (bicyclic) bond motifs is 1.